The number of hydrogen-bond acceptors (Lipinski definition) is 3. The molecule has 1 atom stereocenters. The molecule has 0 aliphatic heterocycles. The van der Waals surface area contributed by atoms with Gasteiger partial charge in [-0.1, -0.05) is 24.5 Å². The lowest BCUT2D eigenvalue weighted by Gasteiger charge is -2.23. The largest absolute Gasteiger partial charge is 0.271 e. The second-order valence-corrected chi connectivity index (χ2v) is 5.06. The van der Waals surface area contributed by atoms with Crippen LogP contribution in [0.25, 0.3) is 0 Å². The standard InChI is InChI=1S/C15H23N3/c1-12-9-10-17-11-14(12)15(18-16)13-7-5-3-2-4-6-8-13/h7,9-11,15,18H,2-6,8,16H2,1H3/b13-7+. The van der Waals surface area contributed by atoms with Crippen LogP contribution >= 0.6 is 0 Å². The zero-order valence-electron chi connectivity index (χ0n) is 11.2. The molecule has 98 valence electrons. The molecule has 0 saturated carbocycles. The molecular weight excluding hydrogens is 222 g/mol. The van der Waals surface area contributed by atoms with E-state index in [1.54, 1.807) is 0 Å². The molecular formula is C15H23N3. The Balaban J connectivity index is 2.24. The van der Waals surface area contributed by atoms with E-state index in [-0.39, 0.29) is 6.04 Å². The van der Waals surface area contributed by atoms with Crippen LogP contribution in [-0.4, -0.2) is 4.98 Å². The highest BCUT2D eigenvalue weighted by Gasteiger charge is 2.17. The average Bonchev–Trinajstić information content (AvgIpc) is 2.34. The van der Waals surface area contributed by atoms with Crippen LogP contribution in [0.2, 0.25) is 0 Å². The van der Waals surface area contributed by atoms with Gasteiger partial charge >= 0.3 is 0 Å². The fraction of sp³-hybridized carbons (Fsp3) is 0.533. The highest BCUT2D eigenvalue weighted by atomic mass is 15.2. The summed E-state index contributed by atoms with van der Waals surface area (Å²) in [6.45, 7) is 2.12. The molecule has 0 saturated heterocycles. The van der Waals surface area contributed by atoms with Crippen molar-refractivity contribution in [3.63, 3.8) is 0 Å². The van der Waals surface area contributed by atoms with Crippen molar-refractivity contribution < 1.29 is 0 Å². The van der Waals surface area contributed by atoms with E-state index in [4.69, 9.17) is 5.84 Å². The predicted molar refractivity (Wildman–Crippen MR) is 74.8 cm³/mol. The van der Waals surface area contributed by atoms with Gasteiger partial charge in [-0.05, 0) is 49.8 Å². The Hall–Kier alpha value is -1.19. The van der Waals surface area contributed by atoms with Crippen LogP contribution in [0.1, 0.15) is 55.7 Å². The molecule has 3 N–H and O–H groups in total. The average molecular weight is 245 g/mol. The van der Waals surface area contributed by atoms with E-state index in [1.165, 1.54) is 48.8 Å². The van der Waals surface area contributed by atoms with Crippen LogP contribution in [0, 0.1) is 6.92 Å². The molecule has 0 fully saturated rings. The third-order valence-corrected chi connectivity index (χ3v) is 3.75. The summed E-state index contributed by atoms with van der Waals surface area (Å²) >= 11 is 0. The predicted octanol–water partition coefficient (Wildman–Crippen LogP) is 3.18. The van der Waals surface area contributed by atoms with Crippen molar-refractivity contribution in [1.29, 1.82) is 0 Å². The lowest BCUT2D eigenvalue weighted by molar-refractivity contribution is 0.553. The zero-order valence-corrected chi connectivity index (χ0v) is 11.2. The summed E-state index contributed by atoms with van der Waals surface area (Å²) in [5.41, 5.74) is 6.84. The molecule has 1 aromatic heterocycles. The first-order valence-corrected chi connectivity index (χ1v) is 6.88. The number of nitrogens with one attached hydrogen (secondary N) is 1. The van der Waals surface area contributed by atoms with Crippen LogP contribution in [-0.2, 0) is 0 Å². The third-order valence-electron chi connectivity index (χ3n) is 3.75. The molecule has 0 amide bonds. The van der Waals surface area contributed by atoms with Crippen molar-refractivity contribution in [3.05, 3.63) is 41.2 Å². The van der Waals surface area contributed by atoms with Crippen molar-refractivity contribution in [1.82, 2.24) is 10.4 Å². The van der Waals surface area contributed by atoms with Crippen LogP contribution in [0.4, 0.5) is 0 Å². The van der Waals surface area contributed by atoms with Crippen LogP contribution in [0.15, 0.2) is 30.1 Å². The topological polar surface area (TPSA) is 50.9 Å². The Labute approximate surface area is 109 Å². The summed E-state index contributed by atoms with van der Waals surface area (Å²) in [6.07, 6.45) is 13.7. The second-order valence-electron chi connectivity index (χ2n) is 5.06. The Morgan fingerprint density at radius 2 is 2.11 bits per heavy atom. The van der Waals surface area contributed by atoms with E-state index in [2.05, 4.69) is 23.4 Å². The quantitative estimate of drug-likeness (QED) is 0.488. The SMILES string of the molecule is Cc1ccncc1C(NN)/C1=C/CCCCCC1. The van der Waals surface area contributed by atoms with Gasteiger partial charge in [0, 0.05) is 12.4 Å². The molecule has 2 rings (SSSR count). The number of allylic oxidation sites excluding steroid dienone is 1. The van der Waals surface area contributed by atoms with Gasteiger partial charge in [0.05, 0.1) is 6.04 Å². The van der Waals surface area contributed by atoms with Gasteiger partial charge in [-0.2, -0.15) is 0 Å². The van der Waals surface area contributed by atoms with Gasteiger partial charge < -0.3 is 0 Å². The van der Waals surface area contributed by atoms with Crippen LogP contribution < -0.4 is 11.3 Å². The van der Waals surface area contributed by atoms with E-state index in [0.717, 1.165) is 6.42 Å². The van der Waals surface area contributed by atoms with Crippen molar-refractivity contribution in [3.8, 4) is 0 Å². The minimum atomic E-state index is 0.122. The second kappa shape index (κ2) is 6.66. The summed E-state index contributed by atoms with van der Waals surface area (Å²) in [7, 11) is 0. The molecule has 1 heterocycles. The van der Waals surface area contributed by atoms with Crippen molar-refractivity contribution in [2.24, 2.45) is 5.84 Å². The first-order chi connectivity index (χ1) is 8.83. The first-order valence-electron chi connectivity index (χ1n) is 6.88. The van der Waals surface area contributed by atoms with Gasteiger partial charge in [0.25, 0.3) is 0 Å². The van der Waals surface area contributed by atoms with E-state index < -0.39 is 0 Å². The summed E-state index contributed by atoms with van der Waals surface area (Å²) in [5, 5.41) is 0. The van der Waals surface area contributed by atoms with Crippen molar-refractivity contribution >= 4 is 0 Å². The number of hydrogen-bond donors (Lipinski definition) is 2. The van der Waals surface area contributed by atoms with Gasteiger partial charge in [0.15, 0.2) is 0 Å². The molecule has 18 heavy (non-hydrogen) atoms. The fourth-order valence-electron chi connectivity index (χ4n) is 2.65. The number of aromatic nitrogens is 1. The number of hydrazine groups is 1. The minimum absolute atomic E-state index is 0.122. The third kappa shape index (κ3) is 3.18. The van der Waals surface area contributed by atoms with E-state index in [9.17, 15) is 0 Å². The zero-order chi connectivity index (χ0) is 12.8. The van der Waals surface area contributed by atoms with Gasteiger partial charge in [0.1, 0.15) is 0 Å². The van der Waals surface area contributed by atoms with Gasteiger partial charge in [0.2, 0.25) is 0 Å². The molecule has 1 unspecified atom stereocenters. The number of rotatable bonds is 3. The van der Waals surface area contributed by atoms with Crippen LogP contribution in [0.3, 0.4) is 0 Å². The maximum atomic E-state index is 5.78. The maximum Gasteiger partial charge on any atom is 0.0687 e. The molecule has 0 radical (unpaired) electrons. The monoisotopic (exact) mass is 245 g/mol. The smallest absolute Gasteiger partial charge is 0.0687 e. The molecule has 0 bridgehead atoms. The van der Waals surface area contributed by atoms with E-state index >= 15 is 0 Å². The van der Waals surface area contributed by atoms with Crippen LogP contribution in [0.5, 0.6) is 0 Å². The summed E-state index contributed by atoms with van der Waals surface area (Å²) < 4.78 is 0. The van der Waals surface area contributed by atoms with E-state index in [1.807, 2.05) is 18.5 Å². The Morgan fingerprint density at radius 1 is 1.28 bits per heavy atom. The number of pyridine rings is 1. The normalized spacial score (nSPS) is 21.6. The molecule has 1 aliphatic carbocycles. The number of nitrogens with two attached hydrogens (primary N) is 1. The Bertz CT molecular complexity index is 412. The number of aryl methyl sites for hydroxylation is 1. The molecule has 1 aliphatic rings. The summed E-state index contributed by atoms with van der Waals surface area (Å²) in [5.74, 6) is 5.78. The fourth-order valence-corrected chi connectivity index (χ4v) is 2.65. The lowest BCUT2D eigenvalue weighted by Crippen LogP contribution is -2.30. The molecule has 1 aromatic rings. The summed E-state index contributed by atoms with van der Waals surface area (Å²) in [4.78, 5) is 4.23. The van der Waals surface area contributed by atoms with Crippen molar-refractivity contribution in [2.45, 2.75) is 51.5 Å². The molecule has 3 nitrogen and oxygen atoms in total. The first kappa shape index (κ1) is 13.2. The highest BCUT2D eigenvalue weighted by Crippen LogP contribution is 2.29. The molecule has 0 spiro atoms. The van der Waals surface area contributed by atoms with Gasteiger partial charge in [-0.25, -0.2) is 5.43 Å². The Kier molecular flexibility index (Phi) is 4.90. The Morgan fingerprint density at radius 3 is 2.89 bits per heavy atom. The molecule has 3 heteroatoms. The van der Waals surface area contributed by atoms with E-state index in [0.29, 0.717) is 0 Å². The number of nitrogens with zero attached hydrogens (tertiary/aromatic N) is 1. The summed E-state index contributed by atoms with van der Waals surface area (Å²) in [6, 6.07) is 2.17. The van der Waals surface area contributed by atoms with Crippen molar-refractivity contribution in [2.75, 3.05) is 0 Å². The highest BCUT2D eigenvalue weighted by molar-refractivity contribution is 5.32. The minimum Gasteiger partial charge on any atom is -0.271 e. The molecule has 0 aromatic carbocycles. The lowest BCUT2D eigenvalue weighted by atomic mass is 9.90. The van der Waals surface area contributed by atoms with Gasteiger partial charge in [-0.15, -0.1) is 0 Å². The van der Waals surface area contributed by atoms with Gasteiger partial charge in [-0.3, -0.25) is 10.8 Å². The maximum absolute atomic E-state index is 5.78.